The number of fused-ring (bicyclic) bond motifs is 1. The second-order valence-corrected chi connectivity index (χ2v) is 12.2. The van der Waals surface area contributed by atoms with Crippen LogP contribution in [0.4, 0.5) is 0 Å². The van der Waals surface area contributed by atoms with Gasteiger partial charge in [0, 0.05) is 0 Å². The third-order valence-electron chi connectivity index (χ3n) is 6.80. The van der Waals surface area contributed by atoms with Gasteiger partial charge in [-0.15, -0.1) is 11.3 Å². The summed E-state index contributed by atoms with van der Waals surface area (Å²) in [6.45, 7) is 1.69. The summed E-state index contributed by atoms with van der Waals surface area (Å²) in [6.07, 6.45) is 1.65. The monoisotopic (exact) mass is 604 g/mol. The van der Waals surface area contributed by atoms with Crippen molar-refractivity contribution >= 4 is 44.6 Å². The SMILES string of the molecule is CCOC(=O)C1=c2s/c(=C/c3ccc(OC)cc3)c(=O)n2C(N)=C(S(=O)(=O)c2ccccc2)[C@@H]1c1ccc(OC)cc1. The van der Waals surface area contributed by atoms with Gasteiger partial charge in [-0.2, -0.15) is 0 Å². The number of esters is 1. The fraction of sp³-hybridized carbons (Fsp3) is 0.161. The number of benzene rings is 3. The minimum Gasteiger partial charge on any atom is -0.497 e. The molecule has 1 aliphatic rings. The van der Waals surface area contributed by atoms with Crippen molar-refractivity contribution in [3.05, 3.63) is 114 Å². The summed E-state index contributed by atoms with van der Waals surface area (Å²) in [5.41, 5.74) is 7.24. The van der Waals surface area contributed by atoms with Crippen LogP contribution in [0.5, 0.6) is 11.5 Å². The van der Waals surface area contributed by atoms with E-state index in [1.807, 2.05) is 0 Å². The highest BCUT2D eigenvalue weighted by molar-refractivity contribution is 7.95. The van der Waals surface area contributed by atoms with Crippen LogP contribution in [-0.2, 0) is 19.4 Å². The number of nitrogens with two attached hydrogens (primary N) is 1. The maximum atomic E-state index is 14.3. The van der Waals surface area contributed by atoms with Crippen LogP contribution in [0.1, 0.15) is 24.0 Å². The zero-order chi connectivity index (χ0) is 30.0. The molecule has 0 radical (unpaired) electrons. The van der Waals surface area contributed by atoms with E-state index >= 15 is 0 Å². The van der Waals surface area contributed by atoms with E-state index in [4.69, 9.17) is 19.9 Å². The molecule has 5 rings (SSSR count). The first-order valence-electron chi connectivity index (χ1n) is 12.9. The van der Waals surface area contributed by atoms with Crippen LogP contribution >= 0.6 is 11.3 Å². The molecule has 0 unspecified atom stereocenters. The number of methoxy groups -OCH3 is 2. The molecule has 0 aliphatic carbocycles. The molecule has 9 nitrogen and oxygen atoms in total. The van der Waals surface area contributed by atoms with Gasteiger partial charge in [0.15, 0.2) is 0 Å². The molecular weight excluding hydrogens is 576 g/mol. The van der Waals surface area contributed by atoms with Gasteiger partial charge in [0.1, 0.15) is 26.9 Å². The Kier molecular flexibility index (Phi) is 8.06. The first-order chi connectivity index (χ1) is 20.2. The van der Waals surface area contributed by atoms with Crippen molar-refractivity contribution < 1.29 is 27.4 Å². The van der Waals surface area contributed by atoms with Gasteiger partial charge in [-0.05, 0) is 60.5 Å². The van der Waals surface area contributed by atoms with Crippen LogP contribution < -0.4 is 30.0 Å². The lowest BCUT2D eigenvalue weighted by atomic mass is 9.89. The van der Waals surface area contributed by atoms with Gasteiger partial charge in [0.25, 0.3) is 5.56 Å². The second-order valence-electron chi connectivity index (χ2n) is 9.24. The van der Waals surface area contributed by atoms with Gasteiger partial charge in [-0.1, -0.05) is 42.5 Å². The average molecular weight is 605 g/mol. The topological polar surface area (TPSA) is 127 Å². The summed E-state index contributed by atoms with van der Waals surface area (Å²) in [5, 5.41) is 0. The molecule has 2 heterocycles. The summed E-state index contributed by atoms with van der Waals surface area (Å²) >= 11 is 1.04. The summed E-state index contributed by atoms with van der Waals surface area (Å²) < 4.78 is 46.0. The summed E-state index contributed by atoms with van der Waals surface area (Å²) in [4.78, 5) is 27.2. The zero-order valence-corrected chi connectivity index (χ0v) is 24.7. The minimum atomic E-state index is -4.31. The number of hydrogen-bond acceptors (Lipinski definition) is 9. The summed E-state index contributed by atoms with van der Waals surface area (Å²) in [7, 11) is -1.24. The molecule has 2 N–H and O–H groups in total. The molecule has 4 aromatic rings. The number of rotatable bonds is 8. The average Bonchev–Trinajstić information content (AvgIpc) is 3.33. The molecule has 1 aromatic heterocycles. The standard InChI is InChI=1S/C31H28N2O7S2/c1-4-40-31(35)26-25(20-12-16-22(39-3)17-13-20)27(42(36,37)23-8-6-5-7-9-23)28(32)33-29(34)24(41-30(26)33)18-19-10-14-21(38-2)15-11-19/h5-18,25H,4,32H2,1-3H3/b24-18+/t25-/m1/s1. The predicted octanol–water partition coefficient (Wildman–Crippen LogP) is 2.83. The predicted molar refractivity (Wildman–Crippen MR) is 161 cm³/mol. The Bertz CT molecular complexity index is 1960. The second kappa shape index (κ2) is 11.7. The lowest BCUT2D eigenvalue weighted by molar-refractivity contribution is -0.136. The van der Waals surface area contributed by atoms with E-state index in [0.29, 0.717) is 22.6 Å². The Morgan fingerprint density at radius 3 is 2.12 bits per heavy atom. The fourth-order valence-electron chi connectivity index (χ4n) is 4.79. The maximum absolute atomic E-state index is 14.3. The molecule has 216 valence electrons. The number of allylic oxidation sites excluding steroid dienone is 1. The first kappa shape index (κ1) is 28.9. The number of carbonyl (C=O) groups is 1. The van der Waals surface area contributed by atoms with Crippen LogP contribution in [0, 0.1) is 0 Å². The molecule has 1 atom stereocenters. The lowest BCUT2D eigenvalue weighted by Crippen LogP contribution is -2.41. The Labute approximate surface area is 246 Å². The maximum Gasteiger partial charge on any atom is 0.338 e. The number of ether oxygens (including phenoxy) is 3. The molecule has 0 fully saturated rings. The van der Waals surface area contributed by atoms with Crippen molar-refractivity contribution in [2.75, 3.05) is 20.8 Å². The van der Waals surface area contributed by atoms with Gasteiger partial charge < -0.3 is 19.9 Å². The van der Waals surface area contributed by atoms with Crippen LogP contribution in [0.3, 0.4) is 0 Å². The van der Waals surface area contributed by atoms with Gasteiger partial charge >= 0.3 is 5.97 Å². The van der Waals surface area contributed by atoms with Crippen molar-refractivity contribution in [3.63, 3.8) is 0 Å². The molecular formula is C31H28N2O7S2. The number of carbonyl (C=O) groups excluding carboxylic acids is 1. The zero-order valence-electron chi connectivity index (χ0n) is 23.1. The Morgan fingerprint density at radius 1 is 0.952 bits per heavy atom. The molecule has 0 amide bonds. The quantitative estimate of drug-likeness (QED) is 0.304. The number of aromatic nitrogens is 1. The van der Waals surface area contributed by atoms with Gasteiger partial charge in [-0.3, -0.25) is 9.36 Å². The number of thiazole rings is 1. The first-order valence-corrected chi connectivity index (χ1v) is 15.2. The molecule has 11 heteroatoms. The molecule has 0 saturated heterocycles. The number of hydrogen-bond donors (Lipinski definition) is 1. The fourth-order valence-corrected chi connectivity index (χ4v) is 7.66. The molecule has 0 bridgehead atoms. The van der Waals surface area contributed by atoms with Gasteiger partial charge in [-0.25, -0.2) is 13.2 Å². The highest BCUT2D eigenvalue weighted by atomic mass is 32.2. The third-order valence-corrected chi connectivity index (χ3v) is 9.82. The molecule has 0 saturated carbocycles. The molecule has 3 aromatic carbocycles. The van der Waals surface area contributed by atoms with Crippen molar-refractivity contribution in [1.82, 2.24) is 4.57 Å². The van der Waals surface area contributed by atoms with E-state index in [0.717, 1.165) is 15.9 Å². The van der Waals surface area contributed by atoms with E-state index in [2.05, 4.69) is 0 Å². The van der Waals surface area contributed by atoms with Crippen molar-refractivity contribution in [2.45, 2.75) is 17.7 Å². The van der Waals surface area contributed by atoms with Crippen LogP contribution in [0.15, 0.2) is 93.5 Å². The van der Waals surface area contributed by atoms with Gasteiger partial charge in [0.05, 0.1) is 41.7 Å². The Morgan fingerprint density at radius 2 is 1.55 bits per heavy atom. The normalized spacial score (nSPS) is 15.4. The van der Waals surface area contributed by atoms with Crippen molar-refractivity contribution in [1.29, 1.82) is 0 Å². The van der Waals surface area contributed by atoms with Crippen LogP contribution in [0.25, 0.3) is 17.5 Å². The molecule has 0 spiro atoms. The third kappa shape index (κ3) is 5.12. The summed E-state index contributed by atoms with van der Waals surface area (Å²) in [6, 6.07) is 21.5. The largest absolute Gasteiger partial charge is 0.497 e. The van der Waals surface area contributed by atoms with Crippen LogP contribution in [-0.4, -0.2) is 39.8 Å². The van der Waals surface area contributed by atoms with E-state index in [1.165, 1.54) is 19.2 Å². The highest BCUT2D eigenvalue weighted by Crippen LogP contribution is 2.42. The summed E-state index contributed by atoms with van der Waals surface area (Å²) in [5.74, 6) is -0.999. The van der Waals surface area contributed by atoms with E-state index in [9.17, 15) is 18.0 Å². The van der Waals surface area contributed by atoms with Crippen molar-refractivity contribution in [2.24, 2.45) is 5.73 Å². The van der Waals surface area contributed by atoms with Gasteiger partial charge in [0.2, 0.25) is 9.84 Å². The number of nitrogens with zero attached hydrogens (tertiary/aromatic N) is 1. The minimum absolute atomic E-state index is 0.00204. The van der Waals surface area contributed by atoms with E-state index in [1.54, 1.807) is 86.8 Å². The van der Waals surface area contributed by atoms with E-state index < -0.39 is 27.3 Å². The Hall–Kier alpha value is -4.61. The number of sulfone groups is 1. The van der Waals surface area contributed by atoms with Crippen LogP contribution in [0.2, 0.25) is 0 Å². The van der Waals surface area contributed by atoms with E-state index in [-0.39, 0.29) is 37.0 Å². The molecule has 42 heavy (non-hydrogen) atoms. The lowest BCUT2D eigenvalue weighted by Gasteiger charge is -2.28. The molecule has 1 aliphatic heterocycles. The highest BCUT2D eigenvalue weighted by Gasteiger charge is 2.42. The van der Waals surface area contributed by atoms with Crippen molar-refractivity contribution in [3.8, 4) is 11.5 Å². The smallest absolute Gasteiger partial charge is 0.338 e. The Balaban J connectivity index is 1.89.